The first-order valence-corrected chi connectivity index (χ1v) is 18.0. The van der Waals surface area contributed by atoms with Gasteiger partial charge in [-0.05, 0) is 40.5 Å². The zero-order valence-corrected chi connectivity index (χ0v) is 29.2. The highest BCUT2D eigenvalue weighted by atomic mass is 16.2. The summed E-state index contributed by atoms with van der Waals surface area (Å²) in [6.45, 7) is 4.31. The van der Waals surface area contributed by atoms with Gasteiger partial charge in [0.2, 0.25) is 29.5 Å². The smallest absolute Gasteiger partial charge is 0.242 e. The van der Waals surface area contributed by atoms with Crippen LogP contribution in [0.15, 0.2) is 84.9 Å². The van der Waals surface area contributed by atoms with E-state index in [0.717, 1.165) is 23.2 Å². The average Bonchev–Trinajstić information content (AvgIpc) is 3.14. The van der Waals surface area contributed by atoms with E-state index < -0.39 is 0 Å². The number of nitrogens with one attached hydrogen (secondary N) is 2. The van der Waals surface area contributed by atoms with E-state index in [1.165, 1.54) is 10.5 Å². The van der Waals surface area contributed by atoms with Gasteiger partial charge in [0, 0.05) is 71.7 Å². The number of benzene rings is 3. The highest BCUT2D eigenvalue weighted by molar-refractivity contribution is 5.89. The van der Waals surface area contributed by atoms with E-state index in [1.807, 2.05) is 77.7 Å². The topological polar surface area (TPSA) is 122 Å². The second-order valence-corrected chi connectivity index (χ2v) is 13.9. The predicted molar refractivity (Wildman–Crippen MR) is 193 cm³/mol. The lowest BCUT2D eigenvalue weighted by molar-refractivity contribution is -0.145. The third-order valence-electron chi connectivity index (χ3n) is 10.4. The van der Waals surface area contributed by atoms with Gasteiger partial charge in [-0.3, -0.25) is 28.9 Å². The Balaban J connectivity index is 1.16. The van der Waals surface area contributed by atoms with E-state index in [2.05, 4.69) is 27.7 Å². The van der Waals surface area contributed by atoms with Crippen molar-refractivity contribution in [1.82, 2.24) is 30.2 Å². The van der Waals surface area contributed by atoms with Gasteiger partial charge in [-0.1, -0.05) is 84.9 Å². The van der Waals surface area contributed by atoms with Crippen molar-refractivity contribution >= 4 is 29.5 Å². The van der Waals surface area contributed by atoms with Crippen LogP contribution in [0.5, 0.6) is 0 Å². The third kappa shape index (κ3) is 10.0. The Morgan fingerprint density at radius 3 is 2.16 bits per heavy atom. The summed E-state index contributed by atoms with van der Waals surface area (Å²) in [6, 6.07) is 27.5. The third-order valence-corrected chi connectivity index (χ3v) is 10.4. The number of hydrogen-bond donors (Lipinski definition) is 2. The standard InChI is InChI=1S/C40H48N6O5/c47-36(41-24-30-9-3-1-4-10-30)21-33-15-16-45-27-35(33)23-39(50)46(28-37(48)42-25-34-14-8-7-13-32(34)22-38(45)49)29-40(51)44-19-17-43(18-20-44)26-31-11-5-2-6-12-31/h1-14,33,35H,15-29H2,(H,41,47)(H,42,48)/t33-,35-/m0/s1. The quantitative estimate of drug-likeness (QED) is 0.375. The Bertz CT molecular complexity index is 1680. The fraction of sp³-hybridized carbons (Fsp3) is 0.425. The summed E-state index contributed by atoms with van der Waals surface area (Å²) in [5.74, 6) is -1.50. The number of piperidine rings is 1. The highest BCUT2D eigenvalue weighted by Crippen LogP contribution is 2.31. The summed E-state index contributed by atoms with van der Waals surface area (Å²) >= 11 is 0. The van der Waals surface area contributed by atoms with Crippen molar-refractivity contribution < 1.29 is 24.0 Å². The number of carbonyl (C=O) groups is 5. The fourth-order valence-electron chi connectivity index (χ4n) is 7.36. The number of carbonyl (C=O) groups excluding carboxylic acids is 5. The molecule has 0 saturated carbocycles. The molecule has 0 radical (unpaired) electrons. The number of hydrogen-bond acceptors (Lipinski definition) is 6. The summed E-state index contributed by atoms with van der Waals surface area (Å²) in [5, 5.41) is 5.92. The molecule has 2 N–H and O–H groups in total. The number of piperazine rings is 1. The Kier molecular flexibility index (Phi) is 12.1. The molecular weight excluding hydrogens is 644 g/mol. The van der Waals surface area contributed by atoms with Crippen LogP contribution in [0.2, 0.25) is 0 Å². The Labute approximate surface area is 300 Å². The molecule has 11 heteroatoms. The normalized spacial score (nSPS) is 20.6. The molecule has 2 fully saturated rings. The van der Waals surface area contributed by atoms with E-state index >= 15 is 0 Å². The average molecular weight is 693 g/mol. The van der Waals surface area contributed by atoms with Gasteiger partial charge < -0.3 is 25.3 Å². The minimum atomic E-state index is -0.371. The van der Waals surface area contributed by atoms with E-state index in [9.17, 15) is 24.0 Å². The molecule has 0 spiro atoms. The molecule has 3 aromatic rings. The monoisotopic (exact) mass is 692 g/mol. The van der Waals surface area contributed by atoms with Crippen LogP contribution in [0.4, 0.5) is 0 Å². The van der Waals surface area contributed by atoms with Crippen LogP contribution in [0, 0.1) is 11.8 Å². The second kappa shape index (κ2) is 17.3. The van der Waals surface area contributed by atoms with Gasteiger partial charge >= 0.3 is 0 Å². The molecule has 0 aliphatic carbocycles. The largest absolute Gasteiger partial charge is 0.352 e. The molecule has 0 unspecified atom stereocenters. The molecule has 11 nitrogen and oxygen atoms in total. The number of nitrogens with zero attached hydrogens (tertiary/aromatic N) is 4. The van der Waals surface area contributed by atoms with Crippen LogP contribution in [0.25, 0.3) is 0 Å². The molecule has 3 aliphatic rings. The lowest BCUT2D eigenvalue weighted by Crippen LogP contribution is -2.53. The van der Waals surface area contributed by atoms with Gasteiger partial charge in [-0.2, -0.15) is 0 Å². The molecule has 3 aromatic carbocycles. The van der Waals surface area contributed by atoms with Gasteiger partial charge in [0.15, 0.2) is 0 Å². The maximum absolute atomic E-state index is 14.1. The lowest BCUT2D eigenvalue weighted by atomic mass is 9.80. The van der Waals surface area contributed by atoms with Crippen molar-refractivity contribution in [2.75, 3.05) is 52.4 Å². The van der Waals surface area contributed by atoms with Crippen LogP contribution < -0.4 is 10.6 Å². The Morgan fingerprint density at radius 2 is 1.43 bits per heavy atom. The first-order chi connectivity index (χ1) is 24.8. The zero-order valence-electron chi connectivity index (χ0n) is 29.2. The predicted octanol–water partition coefficient (Wildman–Crippen LogP) is 2.59. The van der Waals surface area contributed by atoms with Crippen molar-refractivity contribution in [3.05, 3.63) is 107 Å². The van der Waals surface area contributed by atoms with Gasteiger partial charge in [0.05, 0.1) is 6.42 Å². The molecular formula is C40H48N6O5. The molecule has 2 atom stereocenters. The molecule has 6 rings (SSSR count). The minimum Gasteiger partial charge on any atom is -0.352 e. The van der Waals surface area contributed by atoms with Crippen LogP contribution in [0.1, 0.15) is 41.5 Å². The summed E-state index contributed by atoms with van der Waals surface area (Å²) in [4.78, 5) is 75.1. The Hall–Kier alpha value is -5.03. The lowest BCUT2D eigenvalue weighted by Gasteiger charge is -2.39. The maximum Gasteiger partial charge on any atom is 0.242 e. The van der Waals surface area contributed by atoms with Crippen LogP contribution in [-0.2, 0) is 50.0 Å². The van der Waals surface area contributed by atoms with Crippen molar-refractivity contribution in [1.29, 1.82) is 0 Å². The molecule has 51 heavy (non-hydrogen) atoms. The fourth-order valence-corrected chi connectivity index (χ4v) is 7.36. The van der Waals surface area contributed by atoms with Gasteiger partial charge in [0.25, 0.3) is 0 Å². The molecule has 3 aliphatic heterocycles. The Morgan fingerprint density at radius 1 is 0.765 bits per heavy atom. The molecule has 2 bridgehead atoms. The number of rotatable bonds is 8. The van der Waals surface area contributed by atoms with Crippen molar-refractivity contribution in [3.63, 3.8) is 0 Å². The first kappa shape index (κ1) is 35.8. The van der Waals surface area contributed by atoms with Crippen LogP contribution in [0.3, 0.4) is 0 Å². The summed E-state index contributed by atoms with van der Waals surface area (Å²) in [5.41, 5.74) is 3.89. The summed E-state index contributed by atoms with van der Waals surface area (Å²) in [7, 11) is 0. The van der Waals surface area contributed by atoms with E-state index in [1.54, 1.807) is 4.90 Å². The SMILES string of the molecule is O=C(C[C@@H]1CCN2C[C@@H]1CC(=O)N(CC(=O)N1CCN(Cc3ccccc3)CC1)CC(=O)NCc1ccccc1CC2=O)NCc1ccccc1. The summed E-state index contributed by atoms with van der Waals surface area (Å²) in [6.07, 6.45) is 1.02. The molecule has 0 aromatic heterocycles. The molecule has 268 valence electrons. The minimum absolute atomic E-state index is 0.0302. The van der Waals surface area contributed by atoms with Crippen molar-refractivity contribution in [2.24, 2.45) is 11.8 Å². The van der Waals surface area contributed by atoms with E-state index in [0.29, 0.717) is 52.2 Å². The molecule has 3 heterocycles. The van der Waals surface area contributed by atoms with Gasteiger partial charge in [-0.25, -0.2) is 0 Å². The highest BCUT2D eigenvalue weighted by Gasteiger charge is 2.36. The zero-order chi connectivity index (χ0) is 35.6. The van der Waals surface area contributed by atoms with Gasteiger partial charge in [-0.15, -0.1) is 0 Å². The maximum atomic E-state index is 14.1. The van der Waals surface area contributed by atoms with Crippen LogP contribution in [-0.4, -0.2) is 101 Å². The van der Waals surface area contributed by atoms with Gasteiger partial charge in [0.1, 0.15) is 13.1 Å². The number of fused-ring (bicyclic) bond motifs is 3. The molecule has 2 saturated heterocycles. The molecule has 5 amide bonds. The summed E-state index contributed by atoms with van der Waals surface area (Å²) < 4.78 is 0. The second-order valence-electron chi connectivity index (χ2n) is 13.9. The van der Waals surface area contributed by atoms with Crippen LogP contribution >= 0.6 is 0 Å². The van der Waals surface area contributed by atoms with Crippen molar-refractivity contribution in [3.8, 4) is 0 Å². The number of amides is 5. The first-order valence-electron chi connectivity index (χ1n) is 18.0. The van der Waals surface area contributed by atoms with Crippen molar-refractivity contribution in [2.45, 2.75) is 45.3 Å². The van der Waals surface area contributed by atoms with E-state index in [4.69, 9.17) is 0 Å². The van der Waals surface area contributed by atoms with E-state index in [-0.39, 0.29) is 80.3 Å².